The highest BCUT2D eigenvalue weighted by Crippen LogP contribution is 2.61. The van der Waals surface area contributed by atoms with Crippen LogP contribution in [-0.2, 0) is 50.7 Å². The number of aliphatic hydroxyl groups is 3. The Labute approximate surface area is 354 Å². The zero-order valence-electron chi connectivity index (χ0n) is 33.5. The lowest BCUT2D eigenvalue weighted by atomic mass is 9.87. The highest BCUT2D eigenvalue weighted by atomic mass is 32.2. The lowest BCUT2D eigenvalue weighted by Gasteiger charge is -2.30. The molecule has 2 aromatic heterocycles. The minimum atomic E-state index is -5.58. The number of carbonyl (C=O) groups excluding carboxylic acids is 3. The van der Waals surface area contributed by atoms with Gasteiger partial charge in [-0.1, -0.05) is 57.5 Å². The molecule has 0 bridgehead atoms. The molecule has 3 rings (SSSR count). The molecule has 0 aromatic carbocycles. The van der Waals surface area contributed by atoms with E-state index >= 15 is 0 Å². The average Bonchev–Trinajstić information content (AvgIpc) is 3.73. The van der Waals surface area contributed by atoms with Crippen molar-refractivity contribution in [3.05, 3.63) is 24.8 Å². The predicted octanol–water partition coefficient (Wildman–Crippen LogP) is 0.942. The van der Waals surface area contributed by atoms with Crippen molar-refractivity contribution in [2.45, 2.75) is 102 Å². The van der Waals surface area contributed by atoms with E-state index in [1.54, 1.807) is 0 Å². The summed E-state index contributed by atoms with van der Waals surface area (Å²) in [6, 6.07) is 0. The molecular weight excluding hydrogens is 895 g/mol. The highest BCUT2D eigenvalue weighted by Gasteiger charge is 2.50. The number of rotatable bonds is 27. The SMILES string of the molecule is CCCC/C=C/CCCC(O)C(=O)SCCNC(=O)CCNC(=O)C(O)C(C)(C)COP(=O)(O)OP(=O)(O)OCC1OC(n2cnc3c(N)ncnc32)C(O)C1OP(=O)(O)O. The number of phosphoric acid groups is 3. The van der Waals surface area contributed by atoms with E-state index in [1.807, 2.05) is 6.08 Å². The van der Waals surface area contributed by atoms with Gasteiger partial charge in [0.2, 0.25) is 16.9 Å². The lowest BCUT2D eigenvalue weighted by molar-refractivity contribution is -0.137. The highest BCUT2D eigenvalue weighted by molar-refractivity contribution is 8.13. The van der Waals surface area contributed by atoms with E-state index in [-0.39, 0.29) is 42.2 Å². The summed E-state index contributed by atoms with van der Waals surface area (Å²) in [5.41, 5.74) is 4.24. The smallest absolute Gasteiger partial charge is 0.386 e. The molecule has 2 aromatic rings. The molecule has 1 aliphatic rings. The van der Waals surface area contributed by atoms with Gasteiger partial charge in [-0.05, 0) is 25.7 Å². The molecule has 11 N–H and O–H groups in total. The second-order valence-corrected chi connectivity index (χ2v) is 19.6. The van der Waals surface area contributed by atoms with Crippen molar-refractivity contribution in [2.24, 2.45) is 5.41 Å². The fourth-order valence-electron chi connectivity index (χ4n) is 5.48. The number of unbranched alkanes of at least 4 members (excludes halogenated alkanes) is 3. The quantitative estimate of drug-likeness (QED) is 0.0338. The number of nitrogens with two attached hydrogens (primary N) is 1. The fraction of sp³-hybridized carbons (Fsp3) is 0.688. The van der Waals surface area contributed by atoms with Crippen LogP contribution in [0.2, 0.25) is 0 Å². The molecule has 25 nitrogen and oxygen atoms in total. The maximum atomic E-state index is 12.7. The summed E-state index contributed by atoms with van der Waals surface area (Å²) in [5, 5.41) is 36.0. The van der Waals surface area contributed by atoms with Crippen molar-refractivity contribution >= 4 is 69.1 Å². The summed E-state index contributed by atoms with van der Waals surface area (Å²) in [6.45, 7) is 2.43. The number of carbonyl (C=O) groups is 3. The minimum absolute atomic E-state index is 0.0258. The van der Waals surface area contributed by atoms with Crippen molar-refractivity contribution in [1.29, 1.82) is 0 Å². The van der Waals surface area contributed by atoms with Gasteiger partial charge in [0.25, 0.3) is 0 Å². The summed E-state index contributed by atoms with van der Waals surface area (Å²) in [6.07, 6.45) is 0.974. The van der Waals surface area contributed by atoms with Crippen molar-refractivity contribution in [3.8, 4) is 0 Å². The molecule has 2 amide bonds. The van der Waals surface area contributed by atoms with Crippen molar-refractivity contribution in [1.82, 2.24) is 30.2 Å². The van der Waals surface area contributed by atoms with Gasteiger partial charge in [0.05, 0.1) is 19.5 Å². The Morgan fingerprint density at radius 3 is 2.36 bits per heavy atom. The number of allylic oxidation sites excluding steroid dienone is 2. The number of thioether (sulfide) groups is 1. The number of amides is 2. The molecule has 346 valence electrons. The zero-order chi connectivity index (χ0) is 45.6. The molecule has 1 fully saturated rings. The Morgan fingerprint density at radius 1 is 1.02 bits per heavy atom. The molecule has 29 heteroatoms. The van der Waals surface area contributed by atoms with E-state index in [0.29, 0.717) is 12.8 Å². The van der Waals surface area contributed by atoms with Gasteiger partial charge >= 0.3 is 23.5 Å². The molecule has 0 saturated carbocycles. The molecule has 8 unspecified atom stereocenters. The summed E-state index contributed by atoms with van der Waals surface area (Å²) in [7, 11) is -16.4. The first-order chi connectivity index (χ1) is 28.5. The Bertz CT molecular complexity index is 1950. The van der Waals surface area contributed by atoms with Crippen LogP contribution in [0.1, 0.15) is 71.9 Å². The number of nitrogens with one attached hydrogen (secondary N) is 2. The lowest BCUT2D eigenvalue weighted by Crippen LogP contribution is -2.46. The number of aromatic nitrogens is 4. The van der Waals surface area contributed by atoms with Crippen molar-refractivity contribution < 1.29 is 85.6 Å². The van der Waals surface area contributed by atoms with Crippen LogP contribution in [-0.4, -0.2) is 134 Å². The Kier molecular flexibility index (Phi) is 20.5. The third-order valence-corrected chi connectivity index (χ3v) is 12.8. The number of hydrogen-bond donors (Lipinski definition) is 10. The van der Waals surface area contributed by atoms with Crippen LogP contribution < -0.4 is 16.4 Å². The Morgan fingerprint density at radius 2 is 1.69 bits per heavy atom. The van der Waals surface area contributed by atoms with E-state index in [9.17, 15) is 63.0 Å². The molecular formula is C32H54N7O18P3S. The third kappa shape index (κ3) is 17.4. The van der Waals surface area contributed by atoms with Crippen LogP contribution in [0.5, 0.6) is 0 Å². The van der Waals surface area contributed by atoms with E-state index in [2.05, 4.69) is 47.4 Å². The van der Waals surface area contributed by atoms with Crippen LogP contribution in [0.15, 0.2) is 24.8 Å². The first-order valence-electron chi connectivity index (χ1n) is 18.9. The average molecular weight is 950 g/mol. The molecule has 8 atom stereocenters. The number of hydrogen-bond acceptors (Lipinski definition) is 19. The van der Waals surface area contributed by atoms with E-state index < -0.39 is 95.8 Å². The first kappa shape index (κ1) is 52.6. The largest absolute Gasteiger partial charge is 0.481 e. The normalized spacial score (nSPS) is 21.5. The number of aliphatic hydroxyl groups excluding tert-OH is 3. The monoisotopic (exact) mass is 949 g/mol. The van der Waals surface area contributed by atoms with Gasteiger partial charge in [0.1, 0.15) is 42.4 Å². The van der Waals surface area contributed by atoms with Gasteiger partial charge in [-0.2, -0.15) is 4.31 Å². The van der Waals surface area contributed by atoms with Crippen LogP contribution in [0.3, 0.4) is 0 Å². The summed E-state index contributed by atoms with van der Waals surface area (Å²) < 4.78 is 62.2. The van der Waals surface area contributed by atoms with Crippen LogP contribution in [0.25, 0.3) is 11.2 Å². The van der Waals surface area contributed by atoms with Gasteiger partial charge in [-0.3, -0.25) is 32.5 Å². The number of fused-ring (bicyclic) bond motifs is 1. The number of imidazole rings is 1. The number of nitrogen functional groups attached to an aromatic ring is 1. The summed E-state index contributed by atoms with van der Waals surface area (Å²) in [5.74, 6) is -1.32. The maximum Gasteiger partial charge on any atom is 0.481 e. The molecule has 3 heterocycles. The van der Waals surface area contributed by atoms with E-state index in [4.69, 9.17) is 19.5 Å². The van der Waals surface area contributed by atoms with Crippen LogP contribution in [0, 0.1) is 5.41 Å². The second-order valence-electron chi connectivity index (χ2n) is 14.3. The van der Waals surface area contributed by atoms with Gasteiger partial charge in [0, 0.05) is 30.7 Å². The third-order valence-electron chi connectivity index (χ3n) is 8.76. The Hall–Kier alpha value is -2.74. The molecule has 0 radical (unpaired) electrons. The predicted molar refractivity (Wildman–Crippen MR) is 216 cm³/mol. The van der Waals surface area contributed by atoms with E-state index in [1.165, 1.54) is 13.8 Å². The number of nitrogens with zero attached hydrogens (tertiary/aromatic N) is 4. The van der Waals surface area contributed by atoms with Gasteiger partial charge < -0.3 is 56.0 Å². The van der Waals surface area contributed by atoms with Crippen LogP contribution >= 0.6 is 35.2 Å². The standard InChI is InChI=1S/C32H54N7O18P3S/c1-4-5-6-7-8-9-10-11-20(40)31(45)61-15-14-34-22(41)12-13-35-29(44)26(43)32(2,3)17-54-60(51,52)57-59(49,50)53-16-21-25(56-58(46,47)48)24(42)30(55-21)39-19-38-23-27(33)36-18-37-28(23)39/h7-8,18-21,24-26,30,40,42-43H,4-6,9-17H2,1-3H3,(H,34,41)(H,35,44)(H,49,50)(H,51,52)(H2,33,36,37)(H2,46,47,48)/b8-7+. The second kappa shape index (κ2) is 23.8. The molecule has 1 saturated heterocycles. The molecule has 0 spiro atoms. The van der Waals surface area contributed by atoms with Gasteiger partial charge in [-0.15, -0.1) is 0 Å². The van der Waals surface area contributed by atoms with Crippen LogP contribution in [0.4, 0.5) is 5.82 Å². The number of anilines is 1. The summed E-state index contributed by atoms with van der Waals surface area (Å²) >= 11 is 0.885. The maximum absolute atomic E-state index is 12.7. The number of ether oxygens (including phenoxy) is 1. The van der Waals surface area contributed by atoms with Gasteiger partial charge in [-0.25, -0.2) is 28.6 Å². The minimum Gasteiger partial charge on any atom is -0.386 e. The fourth-order valence-corrected chi connectivity index (χ4v) is 9.03. The first-order valence-corrected chi connectivity index (χ1v) is 24.4. The molecule has 0 aliphatic carbocycles. The number of phosphoric ester groups is 3. The van der Waals surface area contributed by atoms with Gasteiger partial charge in [0.15, 0.2) is 17.7 Å². The molecule has 61 heavy (non-hydrogen) atoms. The summed E-state index contributed by atoms with van der Waals surface area (Å²) in [4.78, 5) is 88.0. The topological polar surface area (TPSA) is 384 Å². The van der Waals surface area contributed by atoms with E-state index in [0.717, 1.165) is 54.7 Å². The zero-order valence-corrected chi connectivity index (χ0v) is 37.0. The van der Waals surface area contributed by atoms with Crippen molar-refractivity contribution in [2.75, 3.05) is 37.8 Å². The Balaban J connectivity index is 1.41. The molecule has 1 aliphatic heterocycles. The van der Waals surface area contributed by atoms with Crippen molar-refractivity contribution in [3.63, 3.8) is 0 Å².